The Bertz CT molecular complexity index is 1250. The van der Waals surface area contributed by atoms with Gasteiger partial charge in [-0.05, 0) is 47.6 Å². The van der Waals surface area contributed by atoms with Crippen LogP contribution in [0, 0.1) is 0 Å². The monoisotopic (exact) mass is 482 g/mol. The molecule has 2 amide bonds. The molecule has 3 aliphatic rings. The van der Waals surface area contributed by atoms with Crippen LogP contribution in [0.5, 0.6) is 0 Å². The van der Waals surface area contributed by atoms with Crippen LogP contribution >= 0.6 is 0 Å². The van der Waals surface area contributed by atoms with Crippen molar-refractivity contribution in [2.75, 3.05) is 26.2 Å². The lowest BCUT2D eigenvalue weighted by Gasteiger charge is -2.46. The normalized spacial score (nSPS) is 21.7. The Morgan fingerprint density at radius 1 is 0.861 bits per heavy atom. The molecule has 2 aromatic carbocycles. The highest BCUT2D eigenvalue weighted by molar-refractivity contribution is 5.95. The maximum absolute atomic E-state index is 13.5. The first kappa shape index (κ1) is 23.2. The topological polar surface area (TPSA) is 56.8 Å². The Labute approximate surface area is 212 Å². The predicted molar refractivity (Wildman–Crippen MR) is 140 cm³/mol. The molecule has 6 heteroatoms. The van der Waals surface area contributed by atoms with Gasteiger partial charge in [0.25, 0.3) is 0 Å². The van der Waals surface area contributed by atoms with Crippen molar-refractivity contribution in [2.45, 2.75) is 57.2 Å². The second-order valence-corrected chi connectivity index (χ2v) is 10.6. The lowest BCUT2D eigenvalue weighted by atomic mass is 9.84. The molecule has 3 heterocycles. The molecule has 1 aromatic heterocycles. The Kier molecular flexibility index (Phi) is 6.45. The van der Waals surface area contributed by atoms with E-state index in [1.165, 1.54) is 37.7 Å². The molecule has 1 atom stereocenters. The van der Waals surface area contributed by atoms with Crippen LogP contribution in [-0.2, 0) is 22.7 Å². The third kappa shape index (κ3) is 4.74. The summed E-state index contributed by atoms with van der Waals surface area (Å²) in [5, 5.41) is 1.12. The molecule has 2 saturated heterocycles. The van der Waals surface area contributed by atoms with Gasteiger partial charge in [-0.25, -0.2) is 0 Å². The fourth-order valence-electron chi connectivity index (χ4n) is 6.18. The molecule has 3 fully saturated rings. The van der Waals surface area contributed by atoms with Crippen molar-refractivity contribution < 1.29 is 9.59 Å². The predicted octanol–water partition coefficient (Wildman–Crippen LogP) is 4.34. The number of carbonyl (C=O) groups is 2. The summed E-state index contributed by atoms with van der Waals surface area (Å²) in [4.78, 5) is 36.8. The lowest BCUT2D eigenvalue weighted by molar-refractivity contribution is -0.160. The smallest absolute Gasteiger partial charge is 0.247 e. The lowest BCUT2D eigenvalue weighted by Crippen LogP contribution is -2.66. The molecular formula is C30H34N4O2. The summed E-state index contributed by atoms with van der Waals surface area (Å²) < 4.78 is 0. The van der Waals surface area contributed by atoms with E-state index in [2.05, 4.69) is 46.3 Å². The zero-order valence-corrected chi connectivity index (χ0v) is 20.8. The zero-order chi connectivity index (χ0) is 24.5. The van der Waals surface area contributed by atoms with Crippen molar-refractivity contribution in [1.29, 1.82) is 0 Å². The minimum absolute atomic E-state index is 0.0606. The second kappa shape index (κ2) is 10.0. The van der Waals surface area contributed by atoms with Crippen LogP contribution < -0.4 is 0 Å². The molecule has 2 aliphatic heterocycles. The molecule has 36 heavy (non-hydrogen) atoms. The highest BCUT2D eigenvalue weighted by atomic mass is 16.2. The van der Waals surface area contributed by atoms with Crippen molar-refractivity contribution in [2.24, 2.45) is 0 Å². The Balaban J connectivity index is 1.12. The number of fused-ring (bicyclic) bond motifs is 2. The maximum Gasteiger partial charge on any atom is 0.247 e. The average Bonchev–Trinajstić information content (AvgIpc) is 2.92. The maximum atomic E-state index is 13.5. The third-order valence-corrected chi connectivity index (χ3v) is 8.19. The number of nitrogens with zero attached hydrogens (tertiary/aromatic N) is 4. The Morgan fingerprint density at radius 3 is 2.50 bits per heavy atom. The van der Waals surface area contributed by atoms with Gasteiger partial charge in [0.15, 0.2) is 0 Å². The van der Waals surface area contributed by atoms with Gasteiger partial charge in [-0.1, -0.05) is 61.7 Å². The van der Waals surface area contributed by atoms with E-state index in [1.807, 2.05) is 24.4 Å². The number of hydrogen-bond acceptors (Lipinski definition) is 4. The number of para-hydroxylation sites is 1. The van der Waals surface area contributed by atoms with Crippen LogP contribution in [0.15, 0.2) is 60.8 Å². The van der Waals surface area contributed by atoms with E-state index in [9.17, 15) is 9.59 Å². The van der Waals surface area contributed by atoms with Gasteiger partial charge >= 0.3 is 0 Å². The SMILES string of the molecule is O=C1C2CN(Cc3cnc4ccccc4c3)CCN2C(=O)CN1Cc1ccc(C2CCCCC2)cc1. The number of amides is 2. The summed E-state index contributed by atoms with van der Waals surface area (Å²) in [5.41, 5.74) is 4.63. The Hall–Kier alpha value is -3.25. The molecule has 1 saturated carbocycles. The molecule has 3 aromatic rings. The van der Waals surface area contributed by atoms with Gasteiger partial charge in [-0.3, -0.25) is 19.5 Å². The molecule has 0 radical (unpaired) electrons. The summed E-state index contributed by atoms with van der Waals surface area (Å²) in [6.07, 6.45) is 8.48. The molecule has 186 valence electrons. The van der Waals surface area contributed by atoms with Crippen molar-refractivity contribution >= 4 is 22.7 Å². The fraction of sp³-hybridized carbons (Fsp3) is 0.433. The van der Waals surface area contributed by atoms with Crippen LogP contribution in [0.1, 0.15) is 54.7 Å². The quantitative estimate of drug-likeness (QED) is 0.543. The molecule has 6 rings (SSSR count). The molecule has 1 unspecified atom stereocenters. The number of carbonyl (C=O) groups excluding carboxylic acids is 2. The molecule has 6 nitrogen and oxygen atoms in total. The summed E-state index contributed by atoms with van der Waals surface area (Å²) in [6.45, 7) is 3.33. The molecule has 0 N–H and O–H groups in total. The van der Waals surface area contributed by atoms with Crippen molar-refractivity contribution in [3.8, 4) is 0 Å². The standard InChI is InChI=1S/C30H34N4O2/c35-29-21-33(19-22-10-12-25(13-11-22)24-6-2-1-3-7-24)30(36)28-20-32(14-15-34(28)29)18-23-16-26-8-4-5-9-27(26)31-17-23/h4-5,8-13,16-17,24,28H,1-3,6-7,14-15,18-21H2. The van der Waals surface area contributed by atoms with Crippen LogP contribution in [-0.4, -0.2) is 63.7 Å². The third-order valence-electron chi connectivity index (χ3n) is 8.19. The van der Waals surface area contributed by atoms with Crippen LogP contribution in [0.2, 0.25) is 0 Å². The second-order valence-electron chi connectivity index (χ2n) is 10.6. The first-order valence-corrected chi connectivity index (χ1v) is 13.4. The van der Waals surface area contributed by atoms with E-state index in [-0.39, 0.29) is 18.4 Å². The molecule has 0 bridgehead atoms. The van der Waals surface area contributed by atoms with E-state index >= 15 is 0 Å². The number of hydrogen-bond donors (Lipinski definition) is 0. The largest absolute Gasteiger partial charge is 0.327 e. The van der Waals surface area contributed by atoms with Crippen LogP contribution in [0.3, 0.4) is 0 Å². The van der Waals surface area contributed by atoms with Gasteiger partial charge in [-0.2, -0.15) is 0 Å². The van der Waals surface area contributed by atoms with Crippen molar-refractivity contribution in [1.82, 2.24) is 19.7 Å². The van der Waals surface area contributed by atoms with Gasteiger partial charge in [-0.15, -0.1) is 0 Å². The highest BCUT2D eigenvalue weighted by Gasteiger charge is 2.42. The summed E-state index contributed by atoms with van der Waals surface area (Å²) >= 11 is 0. The van der Waals surface area contributed by atoms with E-state index < -0.39 is 6.04 Å². The minimum Gasteiger partial charge on any atom is -0.327 e. The van der Waals surface area contributed by atoms with Crippen LogP contribution in [0.25, 0.3) is 10.9 Å². The van der Waals surface area contributed by atoms with E-state index in [1.54, 1.807) is 9.80 Å². The fourth-order valence-corrected chi connectivity index (χ4v) is 6.18. The van der Waals surface area contributed by atoms with Crippen molar-refractivity contribution in [3.63, 3.8) is 0 Å². The molecular weight excluding hydrogens is 448 g/mol. The molecule has 1 aliphatic carbocycles. The van der Waals surface area contributed by atoms with Gasteiger partial charge in [0, 0.05) is 44.3 Å². The Morgan fingerprint density at radius 2 is 1.67 bits per heavy atom. The van der Waals surface area contributed by atoms with Crippen LogP contribution in [0.4, 0.5) is 0 Å². The first-order chi connectivity index (χ1) is 17.6. The number of rotatable bonds is 5. The van der Waals surface area contributed by atoms with E-state index in [4.69, 9.17) is 0 Å². The summed E-state index contributed by atoms with van der Waals surface area (Å²) in [6, 6.07) is 18.6. The van der Waals surface area contributed by atoms with Gasteiger partial charge in [0.05, 0.1) is 5.52 Å². The zero-order valence-electron chi connectivity index (χ0n) is 20.8. The van der Waals surface area contributed by atoms with Crippen molar-refractivity contribution in [3.05, 3.63) is 77.5 Å². The van der Waals surface area contributed by atoms with Gasteiger partial charge in [0.2, 0.25) is 11.8 Å². The highest BCUT2D eigenvalue weighted by Crippen LogP contribution is 2.32. The molecule has 0 spiro atoms. The number of piperazine rings is 2. The first-order valence-electron chi connectivity index (χ1n) is 13.4. The van der Waals surface area contributed by atoms with E-state index in [0.29, 0.717) is 25.6 Å². The number of aromatic nitrogens is 1. The van der Waals surface area contributed by atoms with Gasteiger partial charge < -0.3 is 9.80 Å². The summed E-state index contributed by atoms with van der Waals surface area (Å²) in [7, 11) is 0. The van der Waals surface area contributed by atoms with Gasteiger partial charge in [0.1, 0.15) is 12.6 Å². The minimum atomic E-state index is -0.407. The summed E-state index contributed by atoms with van der Waals surface area (Å²) in [5.74, 6) is 0.795. The van der Waals surface area contributed by atoms with E-state index in [0.717, 1.165) is 35.1 Å². The number of benzene rings is 2. The average molecular weight is 483 g/mol. The number of pyridine rings is 1.